The van der Waals surface area contributed by atoms with Crippen LogP contribution < -0.4 is 0 Å². The summed E-state index contributed by atoms with van der Waals surface area (Å²) in [4.78, 5) is 39.9. The normalized spacial score (nSPS) is 24.8. The lowest BCUT2D eigenvalue weighted by Crippen LogP contribution is -2.47. The number of ether oxygens (including phenoxy) is 1. The molecule has 6 nitrogen and oxygen atoms in total. The van der Waals surface area contributed by atoms with Gasteiger partial charge in [-0.05, 0) is 6.92 Å². The zero-order valence-electron chi connectivity index (χ0n) is 13.0. The van der Waals surface area contributed by atoms with Crippen LogP contribution in [0.5, 0.6) is 0 Å². The van der Waals surface area contributed by atoms with Crippen LogP contribution in [-0.2, 0) is 9.53 Å². The minimum absolute atomic E-state index is 0.129. The largest absolute Gasteiger partial charge is 0.481 e. The van der Waals surface area contributed by atoms with Crippen molar-refractivity contribution in [3.8, 4) is 0 Å². The van der Waals surface area contributed by atoms with Gasteiger partial charge in [0.15, 0.2) is 11.6 Å². The van der Waals surface area contributed by atoms with Crippen molar-refractivity contribution < 1.29 is 24.2 Å². The van der Waals surface area contributed by atoms with Gasteiger partial charge in [0.1, 0.15) is 11.6 Å². The third-order valence-electron chi connectivity index (χ3n) is 4.30. The van der Waals surface area contributed by atoms with Crippen molar-refractivity contribution in [1.82, 2.24) is 4.90 Å². The molecule has 1 heterocycles. The molecule has 3 rings (SSSR count). The lowest BCUT2D eigenvalue weighted by molar-refractivity contribution is -0.125. The minimum atomic E-state index is -1.04. The quantitative estimate of drug-likeness (QED) is 0.481. The fourth-order valence-electron chi connectivity index (χ4n) is 3.33. The molecule has 1 aliphatic heterocycles. The van der Waals surface area contributed by atoms with Crippen LogP contribution in [0.3, 0.4) is 0 Å². The molecule has 1 amide bonds. The van der Waals surface area contributed by atoms with Crippen LogP contribution in [0.25, 0.3) is 0 Å². The highest BCUT2D eigenvalue weighted by atomic mass is 79.9. The molecule has 0 aromatic heterocycles. The first-order valence-corrected chi connectivity index (χ1v) is 8.75. The summed E-state index contributed by atoms with van der Waals surface area (Å²) in [7, 11) is 0. The number of benzene rings is 1. The monoisotopic (exact) mass is 393 g/mol. The molecule has 24 heavy (non-hydrogen) atoms. The molecule has 0 saturated carbocycles. The summed E-state index contributed by atoms with van der Waals surface area (Å²) in [6, 6.07) is 5.58. The van der Waals surface area contributed by atoms with Crippen molar-refractivity contribution >= 4 is 33.4 Å². The zero-order chi connectivity index (χ0) is 17.4. The van der Waals surface area contributed by atoms with Crippen LogP contribution >= 0.6 is 15.9 Å². The molecule has 0 bridgehead atoms. The molecule has 0 spiro atoms. The number of fused-ring (bicyclic) bond motifs is 2. The SMILES string of the molecule is CCO/C(O)=C1\C(=O)N(CCBr)C2C(=O)c3ccccc3C(=O)C12. The van der Waals surface area contributed by atoms with Gasteiger partial charge in [-0.1, -0.05) is 40.2 Å². The molecule has 0 radical (unpaired) electrons. The van der Waals surface area contributed by atoms with Gasteiger partial charge in [-0.3, -0.25) is 14.4 Å². The lowest BCUT2D eigenvalue weighted by Gasteiger charge is -2.29. The van der Waals surface area contributed by atoms with E-state index in [4.69, 9.17) is 4.74 Å². The topological polar surface area (TPSA) is 83.9 Å². The molecule has 126 valence electrons. The molecule has 2 atom stereocenters. The summed E-state index contributed by atoms with van der Waals surface area (Å²) < 4.78 is 5.06. The number of amides is 1. The van der Waals surface area contributed by atoms with Crippen molar-refractivity contribution in [3.63, 3.8) is 0 Å². The summed E-state index contributed by atoms with van der Waals surface area (Å²) in [5, 5.41) is 10.6. The summed E-state index contributed by atoms with van der Waals surface area (Å²) in [5.74, 6) is -2.78. The van der Waals surface area contributed by atoms with E-state index in [9.17, 15) is 19.5 Å². The van der Waals surface area contributed by atoms with Crippen LogP contribution in [0.2, 0.25) is 0 Å². The second kappa shape index (κ2) is 6.39. The molecule has 1 fully saturated rings. The molecule has 7 heteroatoms. The van der Waals surface area contributed by atoms with E-state index in [1.54, 1.807) is 31.2 Å². The summed E-state index contributed by atoms with van der Waals surface area (Å²) in [6.45, 7) is 2.06. The Morgan fingerprint density at radius 2 is 1.83 bits per heavy atom. The molecular weight excluding hydrogens is 378 g/mol. The molecule has 1 aliphatic carbocycles. The highest BCUT2D eigenvalue weighted by Crippen LogP contribution is 2.40. The molecule has 1 aromatic rings. The number of hydrogen-bond donors (Lipinski definition) is 1. The summed E-state index contributed by atoms with van der Waals surface area (Å²) >= 11 is 3.26. The number of hydrogen-bond acceptors (Lipinski definition) is 5. The van der Waals surface area contributed by atoms with Gasteiger partial charge in [0.2, 0.25) is 0 Å². The maximum Gasteiger partial charge on any atom is 0.286 e. The van der Waals surface area contributed by atoms with Crippen LogP contribution in [0.1, 0.15) is 27.6 Å². The first-order valence-electron chi connectivity index (χ1n) is 7.63. The Labute approximate surface area is 147 Å². The van der Waals surface area contributed by atoms with Crippen molar-refractivity contribution in [2.45, 2.75) is 13.0 Å². The molecule has 1 aromatic carbocycles. The molecule has 2 aliphatic rings. The number of ketones is 2. The summed E-state index contributed by atoms with van der Waals surface area (Å²) in [6.07, 6.45) is 0. The Hall–Kier alpha value is -2.15. The first kappa shape index (κ1) is 16.7. The number of nitrogens with zero attached hydrogens (tertiary/aromatic N) is 1. The van der Waals surface area contributed by atoms with Gasteiger partial charge in [-0.25, -0.2) is 0 Å². The number of Topliss-reactive ketones (excluding diaryl/α,β-unsaturated/α-hetero) is 2. The molecule has 2 unspecified atom stereocenters. The van der Waals surface area contributed by atoms with Crippen LogP contribution in [0.15, 0.2) is 35.8 Å². The number of aliphatic hydroxyl groups excluding tert-OH is 1. The highest BCUT2D eigenvalue weighted by molar-refractivity contribution is 9.09. The molecular formula is C17H16BrNO5. The van der Waals surface area contributed by atoms with Gasteiger partial charge in [0.25, 0.3) is 11.9 Å². The van der Waals surface area contributed by atoms with Crippen molar-refractivity contribution in [2.75, 3.05) is 18.5 Å². The van der Waals surface area contributed by atoms with E-state index in [-0.39, 0.29) is 35.9 Å². The fourth-order valence-corrected chi connectivity index (χ4v) is 3.71. The van der Waals surface area contributed by atoms with E-state index in [1.165, 1.54) is 4.90 Å². The predicted octanol–water partition coefficient (Wildman–Crippen LogP) is 2.09. The third kappa shape index (κ3) is 2.34. The molecule has 1 N–H and O–H groups in total. The fraction of sp³-hybridized carbons (Fsp3) is 0.353. The maximum atomic E-state index is 12.9. The Bertz CT molecular complexity index is 757. The second-order valence-electron chi connectivity index (χ2n) is 5.54. The Balaban J connectivity index is 2.19. The first-order chi connectivity index (χ1) is 11.5. The minimum Gasteiger partial charge on any atom is -0.481 e. The van der Waals surface area contributed by atoms with E-state index in [0.717, 1.165) is 0 Å². The van der Waals surface area contributed by atoms with Crippen molar-refractivity contribution in [1.29, 1.82) is 0 Å². The van der Waals surface area contributed by atoms with E-state index in [2.05, 4.69) is 15.9 Å². The lowest BCUT2D eigenvalue weighted by atomic mass is 9.77. The second-order valence-corrected chi connectivity index (χ2v) is 6.33. The van der Waals surface area contributed by atoms with Gasteiger partial charge in [-0.2, -0.15) is 0 Å². The van der Waals surface area contributed by atoms with Gasteiger partial charge in [-0.15, -0.1) is 0 Å². The van der Waals surface area contributed by atoms with Crippen LogP contribution in [0, 0.1) is 5.92 Å². The highest BCUT2D eigenvalue weighted by Gasteiger charge is 2.56. The standard InChI is InChI=1S/C17H16BrNO5/c1-2-24-17(23)12-11-13(19(8-7-18)16(12)22)15(21)10-6-4-3-5-9(10)14(11)20/h3-6,11,13,23H,2,7-8H2,1H3/b17-12-. The Kier molecular flexibility index (Phi) is 4.45. The Morgan fingerprint density at radius 3 is 2.42 bits per heavy atom. The average Bonchev–Trinajstić information content (AvgIpc) is 2.87. The number of halogens is 1. The smallest absolute Gasteiger partial charge is 0.286 e. The van der Waals surface area contributed by atoms with Crippen LogP contribution in [0.4, 0.5) is 0 Å². The summed E-state index contributed by atoms with van der Waals surface area (Å²) in [5.41, 5.74) is 0.461. The molecule has 1 saturated heterocycles. The maximum absolute atomic E-state index is 12.9. The number of carbonyl (C=O) groups excluding carboxylic acids is 3. The third-order valence-corrected chi connectivity index (χ3v) is 4.65. The number of aliphatic hydroxyl groups is 1. The van der Waals surface area contributed by atoms with Crippen molar-refractivity contribution in [2.24, 2.45) is 5.92 Å². The van der Waals surface area contributed by atoms with Crippen LogP contribution in [-0.4, -0.2) is 52.0 Å². The number of carbonyl (C=O) groups is 3. The van der Waals surface area contributed by atoms with E-state index >= 15 is 0 Å². The van der Waals surface area contributed by atoms with E-state index in [0.29, 0.717) is 10.9 Å². The number of rotatable bonds is 4. The van der Waals surface area contributed by atoms with E-state index in [1.807, 2.05) is 0 Å². The Morgan fingerprint density at radius 1 is 1.21 bits per heavy atom. The predicted molar refractivity (Wildman–Crippen MR) is 89.2 cm³/mol. The zero-order valence-corrected chi connectivity index (χ0v) is 14.6. The average molecular weight is 394 g/mol. The van der Waals surface area contributed by atoms with Crippen molar-refractivity contribution in [3.05, 3.63) is 46.9 Å². The van der Waals surface area contributed by atoms with Gasteiger partial charge < -0.3 is 14.7 Å². The number of alkyl halides is 1. The van der Waals surface area contributed by atoms with Gasteiger partial charge >= 0.3 is 0 Å². The van der Waals surface area contributed by atoms with Gasteiger partial charge in [0, 0.05) is 23.0 Å². The van der Waals surface area contributed by atoms with Gasteiger partial charge in [0.05, 0.1) is 12.5 Å². The van der Waals surface area contributed by atoms with E-state index < -0.39 is 23.8 Å². The number of likely N-dealkylation sites (tertiary alicyclic amines) is 1.